The van der Waals surface area contributed by atoms with Crippen molar-refractivity contribution in [2.75, 3.05) is 13.1 Å². The van der Waals surface area contributed by atoms with Crippen molar-refractivity contribution in [3.63, 3.8) is 0 Å². The average molecular weight is 262 g/mol. The zero-order chi connectivity index (χ0) is 13.2. The summed E-state index contributed by atoms with van der Waals surface area (Å²) in [5.74, 6) is 0.0644. The molecule has 1 N–H and O–H groups in total. The highest BCUT2D eigenvalue weighted by molar-refractivity contribution is 5.90. The Morgan fingerprint density at radius 1 is 1.32 bits per heavy atom. The lowest BCUT2D eigenvalue weighted by Gasteiger charge is -2.33. The van der Waals surface area contributed by atoms with Crippen molar-refractivity contribution in [1.29, 1.82) is 0 Å². The monoisotopic (exact) mass is 262 g/mol. The van der Waals surface area contributed by atoms with Gasteiger partial charge < -0.3 is 10.2 Å². The number of hydrogen-bond acceptors (Lipinski definition) is 3. The van der Waals surface area contributed by atoms with Crippen LogP contribution in [0.4, 0.5) is 0 Å². The molecule has 2 saturated heterocycles. The minimum Gasteiger partial charge on any atom is -0.344 e. The van der Waals surface area contributed by atoms with Crippen molar-refractivity contribution in [3.05, 3.63) is 18.5 Å². The summed E-state index contributed by atoms with van der Waals surface area (Å²) in [7, 11) is 0. The van der Waals surface area contributed by atoms with Crippen LogP contribution in [0.25, 0.3) is 0 Å². The Labute approximate surface area is 111 Å². The van der Waals surface area contributed by atoms with Gasteiger partial charge in [-0.15, -0.1) is 0 Å². The third kappa shape index (κ3) is 2.47. The van der Waals surface area contributed by atoms with Crippen LogP contribution in [-0.4, -0.2) is 45.6 Å². The molecule has 0 aromatic carbocycles. The molecule has 0 aliphatic carbocycles. The smallest absolute Gasteiger partial charge is 0.245 e. The second-order valence-electron chi connectivity index (χ2n) is 5.20. The SMILES string of the molecule is O=C1CCC(C(=O)N2CCC(n3cccn3)CC2)N1. The van der Waals surface area contributed by atoms with E-state index in [0.29, 0.717) is 18.9 Å². The molecular weight excluding hydrogens is 244 g/mol. The molecule has 3 rings (SSSR count). The largest absolute Gasteiger partial charge is 0.344 e. The molecule has 2 amide bonds. The van der Waals surface area contributed by atoms with Crippen LogP contribution >= 0.6 is 0 Å². The highest BCUT2D eigenvalue weighted by atomic mass is 16.2. The van der Waals surface area contributed by atoms with Crippen LogP contribution in [0.3, 0.4) is 0 Å². The number of aromatic nitrogens is 2. The predicted molar refractivity (Wildman–Crippen MR) is 68.2 cm³/mol. The number of nitrogens with one attached hydrogen (secondary N) is 1. The first-order chi connectivity index (χ1) is 9.24. The first kappa shape index (κ1) is 12.2. The Balaban J connectivity index is 1.55. The Bertz CT molecular complexity index is 463. The van der Waals surface area contributed by atoms with E-state index < -0.39 is 0 Å². The highest BCUT2D eigenvalue weighted by Crippen LogP contribution is 2.22. The van der Waals surface area contributed by atoms with E-state index >= 15 is 0 Å². The maximum absolute atomic E-state index is 12.2. The number of carbonyl (C=O) groups is 2. The van der Waals surface area contributed by atoms with Crippen LogP contribution in [0, 0.1) is 0 Å². The number of carbonyl (C=O) groups excluding carboxylic acids is 2. The van der Waals surface area contributed by atoms with Crippen molar-refractivity contribution < 1.29 is 9.59 Å². The Morgan fingerprint density at radius 2 is 2.11 bits per heavy atom. The maximum Gasteiger partial charge on any atom is 0.245 e. The van der Waals surface area contributed by atoms with Crippen LogP contribution in [0.2, 0.25) is 0 Å². The van der Waals surface area contributed by atoms with Gasteiger partial charge in [-0.25, -0.2) is 0 Å². The van der Waals surface area contributed by atoms with Gasteiger partial charge in [0, 0.05) is 31.9 Å². The van der Waals surface area contributed by atoms with Crippen LogP contribution in [0.5, 0.6) is 0 Å². The van der Waals surface area contributed by atoms with Crippen LogP contribution in [0.15, 0.2) is 18.5 Å². The molecule has 19 heavy (non-hydrogen) atoms. The summed E-state index contributed by atoms with van der Waals surface area (Å²) in [4.78, 5) is 25.3. The molecule has 2 aliphatic heterocycles. The summed E-state index contributed by atoms with van der Waals surface area (Å²) in [6.07, 6.45) is 6.71. The Kier molecular flexibility index (Phi) is 3.23. The Morgan fingerprint density at radius 3 is 2.68 bits per heavy atom. The van der Waals surface area contributed by atoms with Gasteiger partial charge in [0.15, 0.2) is 0 Å². The van der Waals surface area contributed by atoms with Crippen molar-refractivity contribution in [3.8, 4) is 0 Å². The summed E-state index contributed by atoms with van der Waals surface area (Å²) in [6, 6.07) is 2.01. The fourth-order valence-corrected chi connectivity index (χ4v) is 2.87. The highest BCUT2D eigenvalue weighted by Gasteiger charge is 2.32. The maximum atomic E-state index is 12.2. The first-order valence-electron chi connectivity index (χ1n) is 6.81. The molecule has 0 bridgehead atoms. The lowest BCUT2D eigenvalue weighted by Crippen LogP contribution is -2.47. The third-order valence-corrected chi connectivity index (χ3v) is 3.97. The standard InChI is InChI=1S/C13H18N4O2/c18-12-3-2-11(15-12)13(19)16-8-4-10(5-9-16)17-7-1-6-14-17/h1,6-7,10-11H,2-5,8-9H2,(H,15,18). The molecule has 1 aromatic heterocycles. The lowest BCUT2D eigenvalue weighted by atomic mass is 10.0. The quantitative estimate of drug-likeness (QED) is 0.835. The van der Waals surface area contributed by atoms with Gasteiger partial charge in [-0.1, -0.05) is 0 Å². The van der Waals surface area contributed by atoms with E-state index in [1.807, 2.05) is 21.8 Å². The number of rotatable bonds is 2. The summed E-state index contributed by atoms with van der Waals surface area (Å²) >= 11 is 0. The summed E-state index contributed by atoms with van der Waals surface area (Å²) < 4.78 is 1.97. The topological polar surface area (TPSA) is 67.2 Å². The van der Waals surface area contributed by atoms with E-state index in [0.717, 1.165) is 25.9 Å². The van der Waals surface area contributed by atoms with Gasteiger partial charge in [0.1, 0.15) is 6.04 Å². The second-order valence-corrected chi connectivity index (χ2v) is 5.20. The number of amides is 2. The minimum atomic E-state index is -0.297. The molecular formula is C13H18N4O2. The van der Waals surface area contributed by atoms with E-state index in [4.69, 9.17) is 0 Å². The lowest BCUT2D eigenvalue weighted by molar-refractivity contribution is -0.135. The molecule has 0 saturated carbocycles. The van der Waals surface area contributed by atoms with Gasteiger partial charge in [0.2, 0.25) is 11.8 Å². The van der Waals surface area contributed by atoms with Crippen molar-refractivity contribution in [2.45, 2.75) is 37.8 Å². The summed E-state index contributed by atoms with van der Waals surface area (Å²) in [5.41, 5.74) is 0. The van der Waals surface area contributed by atoms with Crippen molar-refractivity contribution in [1.82, 2.24) is 20.0 Å². The normalized spacial score (nSPS) is 24.5. The Hall–Kier alpha value is -1.85. The summed E-state index contributed by atoms with van der Waals surface area (Å²) in [6.45, 7) is 1.49. The molecule has 1 aromatic rings. The fourth-order valence-electron chi connectivity index (χ4n) is 2.87. The third-order valence-electron chi connectivity index (χ3n) is 3.97. The van der Waals surface area contributed by atoms with E-state index in [-0.39, 0.29) is 17.9 Å². The zero-order valence-corrected chi connectivity index (χ0v) is 10.8. The molecule has 1 atom stereocenters. The van der Waals surface area contributed by atoms with Gasteiger partial charge in [0.05, 0.1) is 6.04 Å². The molecule has 3 heterocycles. The fraction of sp³-hybridized carbons (Fsp3) is 0.615. The van der Waals surface area contributed by atoms with E-state index in [9.17, 15) is 9.59 Å². The average Bonchev–Trinajstić information content (AvgIpc) is 3.09. The molecule has 6 heteroatoms. The van der Waals surface area contributed by atoms with Crippen LogP contribution in [-0.2, 0) is 9.59 Å². The first-order valence-corrected chi connectivity index (χ1v) is 6.81. The molecule has 2 fully saturated rings. The van der Waals surface area contributed by atoms with E-state index in [2.05, 4.69) is 10.4 Å². The minimum absolute atomic E-state index is 0.00947. The molecule has 0 spiro atoms. The van der Waals surface area contributed by atoms with Crippen LogP contribution in [0.1, 0.15) is 31.7 Å². The van der Waals surface area contributed by atoms with E-state index in [1.165, 1.54) is 0 Å². The second kappa shape index (κ2) is 5.03. The van der Waals surface area contributed by atoms with Crippen LogP contribution < -0.4 is 5.32 Å². The molecule has 1 unspecified atom stereocenters. The van der Waals surface area contributed by atoms with Crippen molar-refractivity contribution >= 4 is 11.8 Å². The number of hydrogen-bond donors (Lipinski definition) is 1. The molecule has 2 aliphatic rings. The molecule has 6 nitrogen and oxygen atoms in total. The van der Waals surface area contributed by atoms with Gasteiger partial charge in [-0.05, 0) is 25.3 Å². The zero-order valence-electron chi connectivity index (χ0n) is 10.8. The van der Waals surface area contributed by atoms with E-state index in [1.54, 1.807) is 6.20 Å². The molecule has 102 valence electrons. The number of nitrogens with zero attached hydrogens (tertiary/aromatic N) is 3. The van der Waals surface area contributed by atoms with Gasteiger partial charge in [-0.3, -0.25) is 14.3 Å². The van der Waals surface area contributed by atoms with Gasteiger partial charge >= 0.3 is 0 Å². The molecule has 0 radical (unpaired) electrons. The van der Waals surface area contributed by atoms with Crippen molar-refractivity contribution in [2.24, 2.45) is 0 Å². The predicted octanol–water partition coefficient (Wildman–Crippen LogP) is 0.325. The number of piperidine rings is 1. The number of likely N-dealkylation sites (tertiary alicyclic amines) is 1. The van der Waals surface area contributed by atoms with Gasteiger partial charge in [0.25, 0.3) is 0 Å². The van der Waals surface area contributed by atoms with Gasteiger partial charge in [-0.2, -0.15) is 5.10 Å². The summed E-state index contributed by atoms with van der Waals surface area (Å²) in [5, 5.41) is 7.00.